The van der Waals surface area contributed by atoms with Gasteiger partial charge in [-0.3, -0.25) is 4.79 Å². The molecule has 0 N–H and O–H groups in total. The molecule has 3 nitrogen and oxygen atoms in total. The fourth-order valence-electron chi connectivity index (χ4n) is 3.98. The molecule has 1 heterocycles. The number of nitrogens with zero attached hydrogens (tertiary/aromatic N) is 1. The van der Waals surface area contributed by atoms with Crippen molar-refractivity contribution in [1.29, 1.82) is 0 Å². The van der Waals surface area contributed by atoms with Crippen LogP contribution in [0, 0.1) is 0 Å². The third kappa shape index (κ3) is 2.80. The Hall–Kier alpha value is -3.07. The summed E-state index contributed by atoms with van der Waals surface area (Å²) in [5, 5.41) is 0. The Morgan fingerprint density at radius 1 is 0.852 bits per heavy atom. The molecule has 1 aliphatic carbocycles. The van der Waals surface area contributed by atoms with E-state index in [1.807, 2.05) is 53.4 Å². The Balaban J connectivity index is 1.43. The fraction of sp³-hybridized carbons (Fsp3) is 0.208. The summed E-state index contributed by atoms with van der Waals surface area (Å²) in [7, 11) is 0. The Morgan fingerprint density at radius 3 is 2.19 bits per heavy atom. The highest BCUT2D eigenvalue weighted by atomic mass is 16.5. The number of carbonyl (C=O) groups excluding carboxylic acids is 1. The van der Waals surface area contributed by atoms with Gasteiger partial charge in [-0.2, -0.15) is 0 Å². The van der Waals surface area contributed by atoms with E-state index in [0.717, 1.165) is 41.0 Å². The Bertz CT molecular complexity index is 978. The molecule has 1 saturated carbocycles. The minimum atomic E-state index is -0.276. The molecule has 1 fully saturated rings. The van der Waals surface area contributed by atoms with Crippen molar-refractivity contribution in [2.75, 3.05) is 4.90 Å². The van der Waals surface area contributed by atoms with Crippen molar-refractivity contribution < 1.29 is 9.53 Å². The summed E-state index contributed by atoms with van der Waals surface area (Å²) in [6.45, 7) is 1.13. The summed E-state index contributed by atoms with van der Waals surface area (Å²) >= 11 is 0. The van der Waals surface area contributed by atoms with Gasteiger partial charge >= 0.3 is 0 Å². The van der Waals surface area contributed by atoms with Crippen LogP contribution in [0.4, 0.5) is 5.69 Å². The van der Waals surface area contributed by atoms with Crippen LogP contribution in [0.2, 0.25) is 0 Å². The minimum absolute atomic E-state index is 0.238. The molecule has 0 unspecified atom stereocenters. The number of carbonyl (C=O) groups is 1. The molecular formula is C24H21NO2. The number of rotatable bonds is 5. The van der Waals surface area contributed by atoms with E-state index in [1.165, 1.54) is 0 Å². The molecule has 134 valence electrons. The highest BCUT2D eigenvalue weighted by molar-refractivity contribution is 6.10. The van der Waals surface area contributed by atoms with Crippen LogP contribution in [0.1, 0.15) is 29.5 Å². The van der Waals surface area contributed by atoms with Gasteiger partial charge in [-0.05, 0) is 35.6 Å². The van der Waals surface area contributed by atoms with E-state index in [-0.39, 0.29) is 11.3 Å². The number of hydrogen-bond acceptors (Lipinski definition) is 2. The van der Waals surface area contributed by atoms with E-state index in [1.54, 1.807) is 0 Å². The number of ether oxygens (including phenoxy) is 1. The molecule has 3 aromatic rings. The molecule has 1 aliphatic heterocycles. The van der Waals surface area contributed by atoms with Crippen molar-refractivity contribution in [1.82, 2.24) is 0 Å². The SMILES string of the molecule is O=C1N(Cc2ccccc2)c2cc(OCc3ccccc3)ccc2C12CC2. The maximum atomic E-state index is 13.1. The third-order valence-corrected chi connectivity index (χ3v) is 5.61. The van der Waals surface area contributed by atoms with Crippen molar-refractivity contribution in [3.05, 3.63) is 95.6 Å². The fourth-order valence-corrected chi connectivity index (χ4v) is 3.98. The van der Waals surface area contributed by atoms with Crippen LogP contribution in [-0.2, 0) is 23.4 Å². The molecule has 2 aliphatic rings. The molecule has 0 atom stereocenters. The van der Waals surface area contributed by atoms with Crippen LogP contribution >= 0.6 is 0 Å². The predicted molar refractivity (Wildman–Crippen MR) is 106 cm³/mol. The zero-order valence-electron chi connectivity index (χ0n) is 15.1. The minimum Gasteiger partial charge on any atom is -0.489 e. The number of anilines is 1. The summed E-state index contributed by atoms with van der Waals surface area (Å²) in [6, 6.07) is 26.4. The second-order valence-corrected chi connectivity index (χ2v) is 7.41. The van der Waals surface area contributed by atoms with Gasteiger partial charge < -0.3 is 9.64 Å². The largest absolute Gasteiger partial charge is 0.489 e. The molecular weight excluding hydrogens is 334 g/mol. The van der Waals surface area contributed by atoms with Crippen molar-refractivity contribution in [3.63, 3.8) is 0 Å². The summed E-state index contributed by atoms with van der Waals surface area (Å²) in [4.78, 5) is 15.1. The van der Waals surface area contributed by atoms with Crippen LogP contribution in [0.5, 0.6) is 5.75 Å². The van der Waals surface area contributed by atoms with Crippen LogP contribution in [0.3, 0.4) is 0 Å². The molecule has 0 aromatic heterocycles. The maximum absolute atomic E-state index is 13.1. The van der Waals surface area contributed by atoms with Gasteiger partial charge in [0.15, 0.2) is 0 Å². The third-order valence-electron chi connectivity index (χ3n) is 5.61. The highest BCUT2D eigenvalue weighted by Gasteiger charge is 2.59. The zero-order valence-corrected chi connectivity index (χ0v) is 15.1. The molecule has 0 bridgehead atoms. The second-order valence-electron chi connectivity index (χ2n) is 7.41. The summed E-state index contributed by atoms with van der Waals surface area (Å²) < 4.78 is 6.00. The van der Waals surface area contributed by atoms with Gasteiger partial charge in [0.25, 0.3) is 0 Å². The van der Waals surface area contributed by atoms with Crippen molar-refractivity contribution in [2.24, 2.45) is 0 Å². The van der Waals surface area contributed by atoms with Gasteiger partial charge in [0.05, 0.1) is 17.6 Å². The molecule has 0 radical (unpaired) electrons. The maximum Gasteiger partial charge on any atom is 0.238 e. The molecule has 0 saturated heterocycles. The van der Waals surface area contributed by atoms with Gasteiger partial charge in [-0.1, -0.05) is 66.7 Å². The highest BCUT2D eigenvalue weighted by Crippen LogP contribution is 2.58. The van der Waals surface area contributed by atoms with Gasteiger partial charge in [0.2, 0.25) is 5.91 Å². The van der Waals surface area contributed by atoms with Crippen molar-refractivity contribution in [2.45, 2.75) is 31.4 Å². The van der Waals surface area contributed by atoms with Gasteiger partial charge in [0.1, 0.15) is 12.4 Å². The van der Waals surface area contributed by atoms with E-state index in [9.17, 15) is 4.79 Å². The molecule has 3 heteroatoms. The standard InChI is InChI=1S/C24H21NO2/c26-23-24(13-14-24)21-12-11-20(27-17-19-9-5-2-6-10-19)15-22(21)25(23)16-18-7-3-1-4-8-18/h1-12,15H,13-14,16-17H2. The Morgan fingerprint density at radius 2 is 1.52 bits per heavy atom. The lowest BCUT2D eigenvalue weighted by Gasteiger charge is -2.19. The smallest absolute Gasteiger partial charge is 0.238 e. The topological polar surface area (TPSA) is 29.5 Å². The van der Waals surface area contributed by atoms with Gasteiger partial charge in [-0.15, -0.1) is 0 Å². The molecule has 5 rings (SSSR count). The molecule has 27 heavy (non-hydrogen) atoms. The first-order valence-electron chi connectivity index (χ1n) is 9.43. The molecule has 1 spiro atoms. The number of benzene rings is 3. The molecule has 1 amide bonds. The van der Waals surface area contributed by atoms with Crippen molar-refractivity contribution >= 4 is 11.6 Å². The van der Waals surface area contributed by atoms with Crippen LogP contribution in [0.25, 0.3) is 0 Å². The lowest BCUT2D eigenvalue weighted by Crippen LogP contribution is -2.31. The summed E-state index contributed by atoms with van der Waals surface area (Å²) in [5.41, 5.74) is 4.17. The van der Waals surface area contributed by atoms with Crippen LogP contribution in [-0.4, -0.2) is 5.91 Å². The van der Waals surface area contributed by atoms with E-state index in [0.29, 0.717) is 13.2 Å². The lowest BCUT2D eigenvalue weighted by molar-refractivity contribution is -0.120. The average Bonchev–Trinajstić information content (AvgIpc) is 3.49. The van der Waals surface area contributed by atoms with E-state index in [2.05, 4.69) is 30.3 Å². The summed E-state index contributed by atoms with van der Waals surface area (Å²) in [5.74, 6) is 1.04. The number of hydrogen-bond donors (Lipinski definition) is 0. The van der Waals surface area contributed by atoms with E-state index in [4.69, 9.17) is 4.74 Å². The van der Waals surface area contributed by atoms with Crippen molar-refractivity contribution in [3.8, 4) is 5.75 Å². The zero-order chi connectivity index (χ0) is 18.3. The number of amides is 1. The first kappa shape index (κ1) is 16.1. The average molecular weight is 355 g/mol. The van der Waals surface area contributed by atoms with E-state index < -0.39 is 0 Å². The molecule has 3 aromatic carbocycles. The Labute approximate surface area is 159 Å². The number of fused-ring (bicyclic) bond motifs is 2. The predicted octanol–water partition coefficient (Wildman–Crippen LogP) is 4.84. The van der Waals surface area contributed by atoms with Gasteiger partial charge in [-0.25, -0.2) is 0 Å². The quantitative estimate of drug-likeness (QED) is 0.655. The first-order chi connectivity index (χ1) is 13.3. The van der Waals surface area contributed by atoms with Crippen LogP contribution < -0.4 is 9.64 Å². The van der Waals surface area contributed by atoms with Gasteiger partial charge in [0, 0.05) is 6.07 Å². The lowest BCUT2D eigenvalue weighted by atomic mass is 9.98. The normalized spacial score (nSPS) is 16.4. The first-order valence-corrected chi connectivity index (χ1v) is 9.43. The Kier molecular flexibility index (Phi) is 3.75. The second kappa shape index (κ2) is 6.27. The van der Waals surface area contributed by atoms with Crippen LogP contribution in [0.15, 0.2) is 78.9 Å². The van der Waals surface area contributed by atoms with E-state index >= 15 is 0 Å². The monoisotopic (exact) mass is 355 g/mol. The summed E-state index contributed by atoms with van der Waals surface area (Å²) in [6.07, 6.45) is 1.91.